The number of benzene rings is 3. The molecule has 3 aromatic carbocycles. The van der Waals surface area contributed by atoms with E-state index >= 15 is 0 Å². The molecule has 0 amide bonds. The van der Waals surface area contributed by atoms with Crippen LogP contribution >= 0.6 is 0 Å². The average molecular weight is 418 g/mol. The minimum atomic E-state index is -3.61. The van der Waals surface area contributed by atoms with E-state index in [2.05, 4.69) is 0 Å². The molecular formula is C25H23NO3S. The highest BCUT2D eigenvalue weighted by molar-refractivity contribution is 7.89. The second-order valence-electron chi connectivity index (χ2n) is 8.14. The summed E-state index contributed by atoms with van der Waals surface area (Å²) in [6.07, 6.45) is 2.22. The van der Waals surface area contributed by atoms with Crippen LogP contribution in [0.25, 0.3) is 11.1 Å². The molecule has 0 aromatic heterocycles. The molecule has 0 saturated carbocycles. The first kappa shape index (κ1) is 19.2. The molecule has 0 fully saturated rings. The van der Waals surface area contributed by atoms with Crippen molar-refractivity contribution in [1.82, 2.24) is 4.31 Å². The lowest BCUT2D eigenvalue weighted by Gasteiger charge is -2.21. The second-order valence-corrected chi connectivity index (χ2v) is 10.1. The van der Waals surface area contributed by atoms with Crippen molar-refractivity contribution < 1.29 is 13.2 Å². The number of sulfonamides is 1. The molecular weight excluding hydrogens is 394 g/mol. The van der Waals surface area contributed by atoms with Crippen LogP contribution in [0.3, 0.4) is 0 Å². The van der Waals surface area contributed by atoms with Crippen LogP contribution in [0.2, 0.25) is 0 Å². The molecule has 0 bridgehead atoms. The van der Waals surface area contributed by atoms with Crippen LogP contribution in [0.4, 0.5) is 0 Å². The van der Waals surface area contributed by atoms with Crippen LogP contribution in [-0.2, 0) is 29.5 Å². The molecule has 5 rings (SSSR count). The van der Waals surface area contributed by atoms with Crippen molar-refractivity contribution >= 4 is 15.8 Å². The largest absolute Gasteiger partial charge is 0.294 e. The average Bonchev–Trinajstić information content (AvgIpc) is 3.21. The maximum absolute atomic E-state index is 13.4. The van der Waals surface area contributed by atoms with Gasteiger partial charge in [0, 0.05) is 25.1 Å². The zero-order valence-electron chi connectivity index (χ0n) is 16.9. The van der Waals surface area contributed by atoms with Gasteiger partial charge in [0.1, 0.15) is 0 Å². The summed E-state index contributed by atoms with van der Waals surface area (Å²) in [6.45, 7) is 2.59. The molecule has 3 aromatic rings. The van der Waals surface area contributed by atoms with Crippen LogP contribution in [0.1, 0.15) is 45.5 Å². The van der Waals surface area contributed by atoms with E-state index in [1.54, 1.807) is 16.4 Å². The highest BCUT2D eigenvalue weighted by atomic mass is 32.2. The fourth-order valence-corrected chi connectivity index (χ4v) is 5.98. The van der Waals surface area contributed by atoms with Crippen molar-refractivity contribution in [2.24, 2.45) is 0 Å². The Hall–Kier alpha value is -2.76. The first-order chi connectivity index (χ1) is 14.4. The molecule has 0 atom stereocenters. The predicted octanol–water partition coefficient (Wildman–Crippen LogP) is 4.89. The zero-order chi connectivity index (χ0) is 20.9. The molecule has 5 heteroatoms. The minimum Gasteiger partial charge on any atom is -0.294 e. The third-order valence-electron chi connectivity index (χ3n) is 6.21. The van der Waals surface area contributed by atoms with Crippen LogP contribution in [0.15, 0.2) is 65.6 Å². The number of carbonyl (C=O) groups excluding carboxylic acids is 1. The predicted molar refractivity (Wildman–Crippen MR) is 117 cm³/mol. The number of aryl methyl sites for hydroxylation is 1. The van der Waals surface area contributed by atoms with Crippen molar-refractivity contribution in [2.75, 3.05) is 0 Å². The third kappa shape index (κ3) is 3.09. The van der Waals surface area contributed by atoms with Gasteiger partial charge in [0.15, 0.2) is 5.78 Å². The summed E-state index contributed by atoms with van der Waals surface area (Å²) >= 11 is 0. The maximum Gasteiger partial charge on any atom is 0.243 e. The molecule has 0 saturated heterocycles. The van der Waals surface area contributed by atoms with Crippen LogP contribution in [0.5, 0.6) is 0 Å². The van der Waals surface area contributed by atoms with Crippen LogP contribution in [-0.4, -0.2) is 18.5 Å². The number of ketones is 1. The van der Waals surface area contributed by atoms with Gasteiger partial charge >= 0.3 is 0 Å². The monoisotopic (exact) mass is 417 g/mol. The van der Waals surface area contributed by atoms with Crippen molar-refractivity contribution in [2.45, 2.75) is 44.2 Å². The Balaban J connectivity index is 1.64. The van der Waals surface area contributed by atoms with E-state index in [4.69, 9.17) is 0 Å². The maximum atomic E-state index is 13.4. The Morgan fingerprint density at radius 1 is 0.800 bits per heavy atom. The number of fused-ring (bicyclic) bond motifs is 3. The first-order valence-electron chi connectivity index (χ1n) is 10.3. The van der Waals surface area contributed by atoms with Gasteiger partial charge in [-0.05, 0) is 65.8 Å². The number of carbonyl (C=O) groups is 1. The quantitative estimate of drug-likeness (QED) is 0.610. The summed E-state index contributed by atoms with van der Waals surface area (Å²) in [5, 5.41) is 0. The summed E-state index contributed by atoms with van der Waals surface area (Å²) in [5.74, 6) is 0.163. The van der Waals surface area contributed by atoms with Crippen LogP contribution < -0.4 is 0 Å². The smallest absolute Gasteiger partial charge is 0.243 e. The topological polar surface area (TPSA) is 54.5 Å². The molecule has 30 heavy (non-hydrogen) atoms. The summed E-state index contributed by atoms with van der Waals surface area (Å²) in [7, 11) is -3.61. The van der Waals surface area contributed by atoms with Gasteiger partial charge in [0.25, 0.3) is 0 Å². The van der Waals surface area contributed by atoms with Gasteiger partial charge in [-0.2, -0.15) is 4.31 Å². The molecule has 0 radical (unpaired) electrons. The Bertz CT molecular complexity index is 1250. The molecule has 1 aliphatic heterocycles. The molecule has 0 N–H and O–H groups in total. The fourth-order valence-electron chi connectivity index (χ4n) is 4.61. The van der Waals surface area contributed by atoms with Crippen molar-refractivity contribution in [3.63, 3.8) is 0 Å². The highest BCUT2D eigenvalue weighted by Gasteiger charge is 2.36. The van der Waals surface area contributed by atoms with Crippen molar-refractivity contribution in [3.05, 3.63) is 88.5 Å². The van der Waals surface area contributed by atoms with Gasteiger partial charge in [-0.15, -0.1) is 0 Å². The Morgan fingerprint density at radius 3 is 2.23 bits per heavy atom. The zero-order valence-corrected chi connectivity index (χ0v) is 17.7. The summed E-state index contributed by atoms with van der Waals surface area (Å²) < 4.78 is 28.3. The molecule has 2 aliphatic rings. The Morgan fingerprint density at radius 2 is 1.50 bits per heavy atom. The van der Waals surface area contributed by atoms with Crippen molar-refractivity contribution in [3.8, 4) is 11.1 Å². The van der Waals surface area contributed by atoms with Gasteiger partial charge in [-0.3, -0.25) is 4.79 Å². The SMILES string of the molecule is Cc1ccc(S(=O)(=O)N2Cc3c(-c4ccccc4)cc4c(c3C2)CCCC4=O)cc1. The fraction of sp³-hybridized carbons (Fsp3) is 0.240. The van der Waals surface area contributed by atoms with E-state index in [1.807, 2.05) is 55.5 Å². The molecule has 1 aliphatic carbocycles. The second kappa shape index (κ2) is 7.18. The highest BCUT2D eigenvalue weighted by Crippen LogP contribution is 2.41. The number of hydrogen-bond donors (Lipinski definition) is 0. The molecule has 1 heterocycles. The lowest BCUT2D eigenvalue weighted by atomic mass is 9.82. The molecule has 4 nitrogen and oxygen atoms in total. The lowest BCUT2D eigenvalue weighted by molar-refractivity contribution is 0.0972. The van der Waals surface area contributed by atoms with E-state index in [0.29, 0.717) is 24.4 Å². The summed E-state index contributed by atoms with van der Waals surface area (Å²) in [6, 6.07) is 18.9. The van der Waals surface area contributed by atoms with E-state index in [9.17, 15) is 13.2 Å². The van der Waals surface area contributed by atoms with Gasteiger partial charge in [-0.25, -0.2) is 8.42 Å². The minimum absolute atomic E-state index is 0.163. The Kier molecular flexibility index (Phi) is 4.60. The van der Waals surface area contributed by atoms with Gasteiger partial charge in [0.2, 0.25) is 10.0 Å². The normalized spacial score (nSPS) is 16.4. The lowest BCUT2D eigenvalue weighted by Crippen LogP contribution is -2.25. The summed E-state index contributed by atoms with van der Waals surface area (Å²) in [4.78, 5) is 13.0. The standard InChI is InChI=1S/C25H23NO3S/c1-17-10-12-19(13-11-17)30(28,29)26-15-23-20-8-5-9-25(27)22(20)14-21(24(23)16-26)18-6-3-2-4-7-18/h2-4,6-7,10-14H,5,8-9,15-16H2,1H3. The van der Waals surface area contributed by atoms with Gasteiger partial charge in [0.05, 0.1) is 4.90 Å². The third-order valence-corrected chi connectivity index (χ3v) is 8.02. The van der Waals surface area contributed by atoms with E-state index in [0.717, 1.165) is 51.8 Å². The number of nitrogens with zero attached hydrogens (tertiary/aromatic N) is 1. The number of Topliss-reactive ketones (excluding diaryl/α,β-unsaturated/α-hetero) is 1. The first-order valence-corrected chi connectivity index (χ1v) is 11.7. The number of rotatable bonds is 3. The molecule has 152 valence electrons. The molecule has 0 unspecified atom stereocenters. The van der Waals surface area contributed by atoms with Crippen molar-refractivity contribution in [1.29, 1.82) is 0 Å². The molecule has 0 spiro atoms. The van der Waals surface area contributed by atoms with E-state index < -0.39 is 10.0 Å². The van der Waals surface area contributed by atoms with Gasteiger partial charge < -0.3 is 0 Å². The van der Waals surface area contributed by atoms with E-state index in [-0.39, 0.29) is 5.78 Å². The van der Waals surface area contributed by atoms with Gasteiger partial charge in [-0.1, -0.05) is 48.0 Å². The summed E-state index contributed by atoms with van der Waals surface area (Å²) in [5.41, 5.74) is 6.89. The van der Waals surface area contributed by atoms with Crippen LogP contribution in [0, 0.1) is 6.92 Å². The number of hydrogen-bond acceptors (Lipinski definition) is 3. The Labute approximate surface area is 177 Å². The van der Waals surface area contributed by atoms with E-state index in [1.165, 1.54) is 0 Å².